The van der Waals surface area contributed by atoms with Crippen LogP contribution in [0, 0.1) is 5.82 Å². The molecule has 7 heteroatoms. The van der Waals surface area contributed by atoms with E-state index >= 15 is 0 Å². The summed E-state index contributed by atoms with van der Waals surface area (Å²) < 4.78 is 19.5. The Morgan fingerprint density at radius 3 is 2.70 bits per heavy atom. The van der Waals surface area contributed by atoms with Crippen molar-refractivity contribution in [3.63, 3.8) is 0 Å². The summed E-state index contributed by atoms with van der Waals surface area (Å²) in [6, 6.07) is 11.8. The van der Waals surface area contributed by atoms with Gasteiger partial charge < -0.3 is 14.7 Å². The lowest BCUT2D eigenvalue weighted by molar-refractivity contribution is 0.183. The van der Waals surface area contributed by atoms with Gasteiger partial charge in [-0.05, 0) is 62.3 Å². The fraction of sp³-hybridized carbons (Fsp3) is 0.304. The van der Waals surface area contributed by atoms with Gasteiger partial charge in [-0.25, -0.2) is 9.37 Å². The molecule has 0 amide bonds. The highest BCUT2D eigenvalue weighted by molar-refractivity contribution is 5.87. The van der Waals surface area contributed by atoms with Crippen LogP contribution in [0.4, 0.5) is 4.39 Å². The van der Waals surface area contributed by atoms with Gasteiger partial charge in [-0.15, -0.1) is 0 Å². The lowest BCUT2D eigenvalue weighted by atomic mass is 10.1. The largest absolute Gasteiger partial charge is 0.492 e. The first-order valence-electron chi connectivity index (χ1n) is 10.3. The third kappa shape index (κ3) is 3.80. The molecule has 0 aliphatic carbocycles. The molecule has 3 heterocycles. The number of nitrogens with zero attached hydrogens (tertiary/aromatic N) is 2. The number of ether oxygens (including phenoxy) is 1. The van der Waals surface area contributed by atoms with Crippen LogP contribution in [0.5, 0.6) is 5.75 Å². The van der Waals surface area contributed by atoms with Crippen molar-refractivity contribution in [3.8, 4) is 17.1 Å². The Morgan fingerprint density at radius 2 is 1.83 bits per heavy atom. The normalized spacial score (nSPS) is 15.1. The molecule has 6 nitrogen and oxygen atoms in total. The molecule has 1 aliphatic rings. The minimum Gasteiger partial charge on any atom is -0.492 e. The number of aromatic nitrogens is 3. The van der Waals surface area contributed by atoms with Crippen LogP contribution in [-0.4, -0.2) is 46.1 Å². The van der Waals surface area contributed by atoms with Crippen LogP contribution in [0.2, 0.25) is 0 Å². The van der Waals surface area contributed by atoms with Crippen LogP contribution in [-0.2, 0) is 0 Å². The molecule has 0 saturated carbocycles. The zero-order chi connectivity index (χ0) is 20.5. The molecule has 154 valence electrons. The SMILES string of the molecule is O=c1[nH]c2ccc(F)cc2nc1-c1cc2cc(OCCN3CCCCC3)ccc2[nH]1. The van der Waals surface area contributed by atoms with E-state index in [4.69, 9.17) is 4.74 Å². The lowest BCUT2D eigenvalue weighted by Crippen LogP contribution is -2.33. The highest BCUT2D eigenvalue weighted by atomic mass is 19.1. The minimum atomic E-state index is -0.393. The molecule has 0 bridgehead atoms. The van der Waals surface area contributed by atoms with Crippen LogP contribution >= 0.6 is 0 Å². The predicted octanol–water partition coefficient (Wildman–Crippen LogP) is 4.08. The van der Waals surface area contributed by atoms with Crippen LogP contribution in [0.1, 0.15) is 19.3 Å². The second kappa shape index (κ2) is 7.91. The maximum atomic E-state index is 13.5. The van der Waals surface area contributed by atoms with E-state index in [9.17, 15) is 9.18 Å². The Hall–Kier alpha value is -3.19. The minimum absolute atomic E-state index is 0.233. The van der Waals surface area contributed by atoms with E-state index in [1.165, 1.54) is 37.5 Å². The number of H-pyrrole nitrogens is 2. The van der Waals surface area contributed by atoms with Gasteiger partial charge in [0.05, 0.1) is 16.7 Å². The molecule has 30 heavy (non-hydrogen) atoms. The number of nitrogens with one attached hydrogen (secondary N) is 2. The number of likely N-dealkylation sites (tertiary alicyclic amines) is 1. The third-order valence-electron chi connectivity index (χ3n) is 5.63. The Labute approximate surface area is 172 Å². The second-order valence-corrected chi connectivity index (χ2v) is 7.76. The van der Waals surface area contributed by atoms with E-state index < -0.39 is 5.82 Å². The van der Waals surface area contributed by atoms with Crippen molar-refractivity contribution in [2.45, 2.75) is 19.3 Å². The summed E-state index contributed by atoms with van der Waals surface area (Å²) in [4.78, 5) is 25.3. The van der Waals surface area contributed by atoms with Gasteiger partial charge in [0.1, 0.15) is 18.2 Å². The van der Waals surface area contributed by atoms with Gasteiger partial charge >= 0.3 is 0 Å². The number of fused-ring (bicyclic) bond motifs is 2. The summed E-state index contributed by atoms with van der Waals surface area (Å²) in [6.07, 6.45) is 3.87. The first-order chi connectivity index (χ1) is 14.7. The first-order valence-corrected chi connectivity index (χ1v) is 10.3. The zero-order valence-corrected chi connectivity index (χ0v) is 16.6. The van der Waals surface area contributed by atoms with E-state index in [-0.39, 0.29) is 11.3 Å². The average Bonchev–Trinajstić information content (AvgIpc) is 3.17. The maximum Gasteiger partial charge on any atom is 0.276 e. The summed E-state index contributed by atoms with van der Waals surface area (Å²) in [5.74, 6) is 0.406. The Kier molecular flexibility index (Phi) is 4.96. The van der Waals surface area contributed by atoms with E-state index in [0.717, 1.165) is 36.3 Å². The number of piperidine rings is 1. The van der Waals surface area contributed by atoms with Crippen LogP contribution in [0.25, 0.3) is 33.3 Å². The third-order valence-corrected chi connectivity index (χ3v) is 5.63. The van der Waals surface area contributed by atoms with Crippen molar-refractivity contribution >= 4 is 21.9 Å². The number of rotatable bonds is 5. The summed E-state index contributed by atoms with van der Waals surface area (Å²) in [6.45, 7) is 3.89. The number of aromatic amines is 2. The maximum absolute atomic E-state index is 13.5. The molecule has 5 rings (SSSR count). The fourth-order valence-electron chi connectivity index (χ4n) is 4.04. The van der Waals surface area contributed by atoms with E-state index in [1.54, 1.807) is 0 Å². The monoisotopic (exact) mass is 406 g/mol. The van der Waals surface area contributed by atoms with Gasteiger partial charge in [-0.1, -0.05) is 6.42 Å². The van der Waals surface area contributed by atoms with Gasteiger partial charge in [-0.2, -0.15) is 0 Å². The Morgan fingerprint density at radius 1 is 1.00 bits per heavy atom. The smallest absolute Gasteiger partial charge is 0.276 e. The van der Waals surface area contributed by atoms with Gasteiger partial charge in [0.15, 0.2) is 5.69 Å². The zero-order valence-electron chi connectivity index (χ0n) is 16.6. The summed E-state index contributed by atoms with van der Waals surface area (Å²) >= 11 is 0. The molecule has 4 aromatic rings. The lowest BCUT2D eigenvalue weighted by Gasteiger charge is -2.26. The van der Waals surface area contributed by atoms with Crippen LogP contribution in [0.3, 0.4) is 0 Å². The number of hydrogen-bond acceptors (Lipinski definition) is 4. The van der Waals surface area contributed by atoms with E-state index in [2.05, 4.69) is 19.9 Å². The highest BCUT2D eigenvalue weighted by Gasteiger charge is 2.13. The molecule has 1 aliphatic heterocycles. The molecule has 1 fully saturated rings. The highest BCUT2D eigenvalue weighted by Crippen LogP contribution is 2.26. The van der Waals surface area contributed by atoms with Gasteiger partial charge in [0.2, 0.25) is 0 Å². The summed E-state index contributed by atoms with van der Waals surface area (Å²) in [5, 5.41) is 0.931. The second-order valence-electron chi connectivity index (χ2n) is 7.76. The summed E-state index contributed by atoms with van der Waals surface area (Å²) in [7, 11) is 0. The molecule has 0 spiro atoms. The molecule has 2 aromatic heterocycles. The first kappa shape index (κ1) is 18.8. The van der Waals surface area contributed by atoms with Crippen LogP contribution in [0.15, 0.2) is 47.3 Å². The topological polar surface area (TPSA) is 74.0 Å². The molecule has 2 aromatic carbocycles. The average molecular weight is 406 g/mol. The van der Waals surface area contributed by atoms with Gasteiger partial charge in [0.25, 0.3) is 5.56 Å². The molecular formula is C23H23FN4O2. The Balaban J connectivity index is 1.38. The molecular weight excluding hydrogens is 383 g/mol. The molecule has 1 saturated heterocycles. The predicted molar refractivity (Wildman–Crippen MR) is 115 cm³/mol. The fourth-order valence-corrected chi connectivity index (χ4v) is 4.04. The van der Waals surface area contributed by atoms with Crippen molar-refractivity contribution < 1.29 is 9.13 Å². The van der Waals surface area contributed by atoms with Gasteiger partial charge in [0, 0.05) is 23.5 Å². The number of hydrogen-bond donors (Lipinski definition) is 2. The van der Waals surface area contributed by atoms with Crippen molar-refractivity contribution in [3.05, 3.63) is 58.6 Å². The number of halogens is 1. The summed E-state index contributed by atoms with van der Waals surface area (Å²) in [5.41, 5.74) is 2.29. The molecule has 0 radical (unpaired) electrons. The van der Waals surface area contributed by atoms with Gasteiger partial charge in [-0.3, -0.25) is 9.69 Å². The van der Waals surface area contributed by atoms with E-state index in [0.29, 0.717) is 23.3 Å². The van der Waals surface area contributed by atoms with Crippen molar-refractivity contribution in [2.24, 2.45) is 0 Å². The van der Waals surface area contributed by atoms with E-state index in [1.807, 2.05) is 24.3 Å². The van der Waals surface area contributed by atoms with Crippen molar-refractivity contribution in [2.75, 3.05) is 26.2 Å². The number of benzene rings is 2. The molecule has 0 atom stereocenters. The molecule has 2 N–H and O–H groups in total. The van der Waals surface area contributed by atoms with Crippen molar-refractivity contribution in [1.29, 1.82) is 0 Å². The van der Waals surface area contributed by atoms with Crippen molar-refractivity contribution in [1.82, 2.24) is 19.9 Å². The Bertz CT molecular complexity index is 1260. The quantitative estimate of drug-likeness (QED) is 0.524. The standard InChI is InChI=1S/C23H23FN4O2/c24-16-4-6-19-20(14-16)26-22(23(29)27-19)21-13-15-12-17(5-7-18(15)25-21)30-11-10-28-8-2-1-3-9-28/h4-7,12-14,25H,1-3,8-11H2,(H,27,29). The molecule has 0 unspecified atom stereocenters. The van der Waals surface area contributed by atoms with Crippen LogP contribution < -0.4 is 10.3 Å².